The van der Waals surface area contributed by atoms with Crippen LogP contribution in [0.4, 0.5) is 22.9 Å². The fraction of sp³-hybridized carbons (Fsp3) is 0.400. The van der Waals surface area contributed by atoms with Gasteiger partial charge in [-0.1, -0.05) is 12.1 Å². The Hall–Kier alpha value is -3.34. The Morgan fingerprint density at radius 1 is 0.914 bits per heavy atom. The fourth-order valence-electron chi connectivity index (χ4n) is 7.36. The van der Waals surface area contributed by atoms with Crippen LogP contribution in [0.25, 0.3) is 0 Å². The lowest BCUT2D eigenvalue weighted by molar-refractivity contribution is -0.00518. The van der Waals surface area contributed by atoms with Crippen LogP contribution in [-0.2, 0) is 10.2 Å². The average molecular weight is 468 g/mol. The van der Waals surface area contributed by atoms with E-state index in [-0.39, 0.29) is 0 Å². The molecule has 1 aromatic heterocycles. The molecule has 1 N–H and O–H groups in total. The number of methoxy groups -OCH3 is 1. The van der Waals surface area contributed by atoms with E-state index in [0.717, 1.165) is 34.8 Å². The Labute approximate surface area is 207 Å². The van der Waals surface area contributed by atoms with Crippen molar-refractivity contribution >= 4 is 28.8 Å². The third-order valence-corrected chi connectivity index (χ3v) is 8.59. The van der Waals surface area contributed by atoms with Crippen molar-refractivity contribution < 1.29 is 9.53 Å². The minimum atomic E-state index is -0.393. The molecule has 0 unspecified atom stereocenters. The molecule has 0 aliphatic heterocycles. The summed E-state index contributed by atoms with van der Waals surface area (Å²) in [5, 5.41) is 3.54. The summed E-state index contributed by atoms with van der Waals surface area (Å²) < 4.78 is 4.91. The van der Waals surface area contributed by atoms with Gasteiger partial charge in [0.05, 0.1) is 7.11 Å². The van der Waals surface area contributed by atoms with Gasteiger partial charge in [0, 0.05) is 30.3 Å². The molecular formula is C30H33N3O2. The molecule has 4 saturated carbocycles. The van der Waals surface area contributed by atoms with Crippen LogP contribution in [0.3, 0.4) is 0 Å². The monoisotopic (exact) mass is 467 g/mol. The van der Waals surface area contributed by atoms with E-state index in [4.69, 9.17) is 4.74 Å². The highest BCUT2D eigenvalue weighted by Crippen LogP contribution is 2.60. The van der Waals surface area contributed by atoms with E-state index in [2.05, 4.69) is 46.7 Å². The Bertz CT molecular complexity index is 1180. The summed E-state index contributed by atoms with van der Waals surface area (Å²) in [5.74, 6) is 3.07. The highest BCUT2D eigenvalue weighted by molar-refractivity contribution is 5.95. The van der Waals surface area contributed by atoms with Crippen molar-refractivity contribution in [1.82, 2.24) is 4.98 Å². The van der Waals surface area contributed by atoms with E-state index in [1.807, 2.05) is 24.1 Å². The number of aromatic nitrogens is 1. The van der Waals surface area contributed by atoms with E-state index < -0.39 is 5.97 Å². The van der Waals surface area contributed by atoms with Crippen LogP contribution in [0.5, 0.6) is 0 Å². The van der Waals surface area contributed by atoms with Gasteiger partial charge in [0.1, 0.15) is 11.4 Å². The first-order valence-electron chi connectivity index (χ1n) is 12.8. The number of carbonyl (C=O) groups is 1. The second-order valence-corrected chi connectivity index (χ2v) is 10.9. The van der Waals surface area contributed by atoms with Gasteiger partial charge in [-0.25, -0.2) is 9.78 Å². The maximum Gasteiger partial charge on any atom is 0.341 e. The van der Waals surface area contributed by atoms with Crippen molar-refractivity contribution in [3.63, 3.8) is 0 Å². The molecule has 0 radical (unpaired) electrons. The van der Waals surface area contributed by atoms with E-state index >= 15 is 0 Å². The van der Waals surface area contributed by atoms with Crippen molar-refractivity contribution in [1.29, 1.82) is 0 Å². The molecule has 0 spiro atoms. The van der Waals surface area contributed by atoms with Crippen molar-refractivity contribution in [3.05, 3.63) is 78.0 Å². The van der Waals surface area contributed by atoms with Crippen LogP contribution >= 0.6 is 0 Å². The van der Waals surface area contributed by atoms with E-state index in [9.17, 15) is 4.79 Å². The number of pyridine rings is 1. The predicted molar refractivity (Wildman–Crippen MR) is 140 cm³/mol. The lowest BCUT2D eigenvalue weighted by Crippen LogP contribution is -2.48. The van der Waals surface area contributed by atoms with Crippen LogP contribution in [0, 0.1) is 17.8 Å². The number of nitrogens with zero attached hydrogens (tertiary/aromatic N) is 2. The molecule has 5 heteroatoms. The van der Waals surface area contributed by atoms with Crippen LogP contribution in [0.2, 0.25) is 0 Å². The number of rotatable bonds is 6. The van der Waals surface area contributed by atoms with Crippen molar-refractivity contribution in [3.8, 4) is 0 Å². The van der Waals surface area contributed by atoms with Crippen LogP contribution < -0.4 is 10.2 Å². The number of nitrogens with one attached hydrogen (secondary N) is 1. The maximum atomic E-state index is 12.1. The van der Waals surface area contributed by atoms with Crippen molar-refractivity contribution in [2.45, 2.75) is 43.9 Å². The van der Waals surface area contributed by atoms with Crippen molar-refractivity contribution in [2.24, 2.45) is 17.8 Å². The van der Waals surface area contributed by atoms with Gasteiger partial charge in [-0.2, -0.15) is 0 Å². The summed E-state index contributed by atoms with van der Waals surface area (Å²) in [6, 6.07) is 20.9. The molecule has 4 aliphatic carbocycles. The lowest BCUT2D eigenvalue weighted by atomic mass is 9.48. The van der Waals surface area contributed by atoms with Crippen LogP contribution in [0.1, 0.15) is 54.4 Å². The van der Waals surface area contributed by atoms with Gasteiger partial charge in [0.2, 0.25) is 0 Å². The zero-order chi connectivity index (χ0) is 24.0. The molecule has 0 saturated heterocycles. The molecule has 0 atom stereocenters. The first kappa shape index (κ1) is 22.1. The summed E-state index contributed by atoms with van der Waals surface area (Å²) in [7, 11) is 3.29. The van der Waals surface area contributed by atoms with Gasteiger partial charge in [0.25, 0.3) is 0 Å². The number of carbonyl (C=O) groups excluding carboxylic acids is 1. The molecule has 5 nitrogen and oxygen atoms in total. The highest BCUT2D eigenvalue weighted by atomic mass is 16.5. The zero-order valence-electron chi connectivity index (χ0n) is 20.5. The third-order valence-electron chi connectivity index (χ3n) is 8.59. The largest absolute Gasteiger partial charge is 0.465 e. The van der Waals surface area contributed by atoms with Gasteiger partial charge >= 0.3 is 5.97 Å². The number of ether oxygens (including phenoxy) is 1. The normalized spacial score (nSPS) is 26.4. The number of anilines is 4. The van der Waals surface area contributed by atoms with Crippen molar-refractivity contribution in [2.75, 3.05) is 24.4 Å². The molecule has 4 fully saturated rings. The summed E-state index contributed by atoms with van der Waals surface area (Å²) in [6.07, 6.45) is 10.3. The third kappa shape index (κ3) is 4.07. The van der Waals surface area contributed by atoms with Gasteiger partial charge in [-0.05, 0) is 116 Å². The summed E-state index contributed by atoms with van der Waals surface area (Å²) >= 11 is 0. The first-order chi connectivity index (χ1) is 17.0. The smallest absolute Gasteiger partial charge is 0.341 e. The topological polar surface area (TPSA) is 54.5 Å². The summed E-state index contributed by atoms with van der Waals surface area (Å²) in [5.41, 5.74) is 5.51. The SMILES string of the molecule is COC(=O)c1cccnc1N(C)c1ccc(Nc2ccc(C34CC5CC(CC(C5)C3)C4)cc2)cc1. The molecule has 2 aromatic carbocycles. The molecule has 4 bridgehead atoms. The second-order valence-electron chi connectivity index (χ2n) is 10.9. The minimum Gasteiger partial charge on any atom is -0.465 e. The van der Waals surface area contributed by atoms with Crippen LogP contribution in [0.15, 0.2) is 66.9 Å². The minimum absolute atomic E-state index is 0.393. The van der Waals surface area contributed by atoms with Gasteiger partial charge in [-0.3, -0.25) is 0 Å². The molecule has 35 heavy (non-hydrogen) atoms. The fourth-order valence-corrected chi connectivity index (χ4v) is 7.36. The number of hydrogen-bond donors (Lipinski definition) is 1. The van der Waals surface area contributed by atoms with Gasteiger partial charge in [0.15, 0.2) is 0 Å². The van der Waals surface area contributed by atoms with E-state index in [1.165, 1.54) is 45.6 Å². The number of hydrogen-bond acceptors (Lipinski definition) is 5. The quantitative estimate of drug-likeness (QED) is 0.402. The maximum absolute atomic E-state index is 12.1. The molecule has 0 amide bonds. The molecule has 3 aromatic rings. The summed E-state index contributed by atoms with van der Waals surface area (Å²) in [4.78, 5) is 18.4. The Morgan fingerprint density at radius 3 is 2.06 bits per heavy atom. The molecule has 4 aliphatic rings. The van der Waals surface area contributed by atoms with Crippen LogP contribution in [-0.4, -0.2) is 25.1 Å². The van der Waals surface area contributed by atoms with E-state index in [0.29, 0.717) is 16.8 Å². The predicted octanol–water partition coefficient (Wildman–Crippen LogP) is 6.85. The first-order valence-corrected chi connectivity index (χ1v) is 12.8. The van der Waals surface area contributed by atoms with Gasteiger partial charge in [-0.15, -0.1) is 0 Å². The van der Waals surface area contributed by atoms with E-state index in [1.54, 1.807) is 23.9 Å². The molecule has 180 valence electrons. The standard InChI is InChI=1S/C30H33N3O2/c1-33(28-27(29(34)35-2)4-3-13-31-28)26-11-9-25(10-12-26)32-24-7-5-23(6-8-24)30-17-20-14-21(18-30)16-22(15-20)19-30/h3-13,20-22,32H,14-19H2,1-2H3. The Morgan fingerprint density at radius 2 is 1.49 bits per heavy atom. The van der Waals surface area contributed by atoms with Gasteiger partial charge < -0.3 is 15.0 Å². The molecule has 1 heterocycles. The zero-order valence-corrected chi connectivity index (χ0v) is 20.5. The summed E-state index contributed by atoms with van der Waals surface area (Å²) in [6.45, 7) is 0. The number of benzene rings is 2. The average Bonchev–Trinajstić information content (AvgIpc) is 2.88. The molecular weight excluding hydrogens is 434 g/mol. The second kappa shape index (κ2) is 8.71. The highest BCUT2D eigenvalue weighted by Gasteiger charge is 2.51. The Kier molecular flexibility index (Phi) is 5.51. The molecule has 7 rings (SSSR count). The lowest BCUT2D eigenvalue weighted by Gasteiger charge is -2.57. The Balaban J connectivity index is 1.15. The number of esters is 1.